The molecule has 0 bridgehead atoms. The van der Waals surface area contributed by atoms with E-state index in [-0.39, 0.29) is 0 Å². The standard InChI is InChI=1S/C22H39N3OS/c27-22(23-21-11-7-2-1-3-8-12-21)25(19-20-9-5-4-6-10-20)14-13-24-15-17-26-18-16-24/h4-5,20-21H,1-3,6-19H2,(H,23,27). The second-order valence-corrected chi connectivity index (χ2v) is 8.93. The zero-order valence-corrected chi connectivity index (χ0v) is 17.9. The maximum absolute atomic E-state index is 5.92. The minimum absolute atomic E-state index is 0.579. The summed E-state index contributed by atoms with van der Waals surface area (Å²) in [5.41, 5.74) is 0. The summed E-state index contributed by atoms with van der Waals surface area (Å²) in [5.74, 6) is 0.747. The molecular formula is C22H39N3OS. The molecule has 1 saturated heterocycles. The molecule has 5 heteroatoms. The Morgan fingerprint density at radius 1 is 1.04 bits per heavy atom. The van der Waals surface area contributed by atoms with Crippen LogP contribution in [0.1, 0.15) is 64.2 Å². The van der Waals surface area contributed by atoms with Crippen LogP contribution in [0.3, 0.4) is 0 Å². The number of nitrogens with one attached hydrogen (secondary N) is 1. The molecule has 2 aliphatic carbocycles. The molecule has 1 unspecified atom stereocenters. The maximum atomic E-state index is 5.92. The SMILES string of the molecule is S=C(NC1CCCCCCC1)N(CCN1CCOCC1)CC1CC=CCC1. The van der Waals surface area contributed by atoms with Crippen LogP contribution in [-0.2, 0) is 4.74 Å². The van der Waals surface area contributed by atoms with Crippen molar-refractivity contribution in [3.63, 3.8) is 0 Å². The van der Waals surface area contributed by atoms with E-state index in [0.717, 1.165) is 57.0 Å². The third-order valence-electron chi connectivity index (χ3n) is 6.37. The zero-order chi connectivity index (χ0) is 18.7. The third kappa shape index (κ3) is 7.71. The Kier molecular flexibility index (Phi) is 9.39. The monoisotopic (exact) mass is 393 g/mol. The molecule has 3 rings (SSSR count). The largest absolute Gasteiger partial charge is 0.379 e. The Hall–Kier alpha value is -0.650. The van der Waals surface area contributed by atoms with Gasteiger partial charge in [-0.05, 0) is 50.2 Å². The molecule has 1 aliphatic heterocycles. The summed E-state index contributed by atoms with van der Waals surface area (Å²) in [5, 5.41) is 4.76. The van der Waals surface area contributed by atoms with Crippen molar-refractivity contribution in [3.8, 4) is 0 Å². The molecule has 27 heavy (non-hydrogen) atoms. The normalized spacial score (nSPS) is 25.6. The van der Waals surface area contributed by atoms with Crippen LogP contribution in [0.25, 0.3) is 0 Å². The molecule has 1 saturated carbocycles. The first-order chi connectivity index (χ1) is 13.3. The molecule has 154 valence electrons. The van der Waals surface area contributed by atoms with Crippen molar-refractivity contribution in [1.82, 2.24) is 15.1 Å². The van der Waals surface area contributed by atoms with E-state index in [4.69, 9.17) is 17.0 Å². The molecule has 1 atom stereocenters. The molecule has 0 aromatic heterocycles. The predicted octanol–water partition coefficient (Wildman–Crippen LogP) is 3.96. The summed E-state index contributed by atoms with van der Waals surface area (Å²) in [6.07, 6.45) is 17.9. The summed E-state index contributed by atoms with van der Waals surface area (Å²) in [6.45, 7) is 7.10. The lowest BCUT2D eigenvalue weighted by atomic mass is 9.94. The molecule has 0 aromatic rings. The summed E-state index contributed by atoms with van der Waals surface area (Å²) >= 11 is 5.92. The first-order valence-electron chi connectivity index (χ1n) is 11.3. The topological polar surface area (TPSA) is 27.7 Å². The molecule has 0 spiro atoms. The highest BCUT2D eigenvalue weighted by Crippen LogP contribution is 2.21. The van der Waals surface area contributed by atoms with E-state index in [0.29, 0.717) is 6.04 Å². The fourth-order valence-corrected chi connectivity index (χ4v) is 4.90. The van der Waals surface area contributed by atoms with Gasteiger partial charge in [0.25, 0.3) is 0 Å². The fourth-order valence-electron chi connectivity index (χ4n) is 4.56. The van der Waals surface area contributed by atoms with Crippen LogP contribution < -0.4 is 5.32 Å². The van der Waals surface area contributed by atoms with Gasteiger partial charge in [-0.1, -0.05) is 44.3 Å². The average molecular weight is 394 g/mol. The number of nitrogens with zero attached hydrogens (tertiary/aromatic N) is 2. The van der Waals surface area contributed by atoms with E-state index in [1.54, 1.807) is 0 Å². The van der Waals surface area contributed by atoms with Gasteiger partial charge in [0.1, 0.15) is 0 Å². The van der Waals surface area contributed by atoms with Crippen LogP contribution in [0, 0.1) is 5.92 Å². The van der Waals surface area contributed by atoms with E-state index in [9.17, 15) is 0 Å². The van der Waals surface area contributed by atoms with Gasteiger partial charge in [-0.3, -0.25) is 4.90 Å². The van der Waals surface area contributed by atoms with Crippen molar-refractivity contribution in [3.05, 3.63) is 12.2 Å². The van der Waals surface area contributed by atoms with Crippen LogP contribution in [0.15, 0.2) is 12.2 Å². The second-order valence-electron chi connectivity index (χ2n) is 8.54. The molecule has 4 nitrogen and oxygen atoms in total. The van der Waals surface area contributed by atoms with Crippen LogP contribution in [0.4, 0.5) is 0 Å². The minimum Gasteiger partial charge on any atom is -0.379 e. The average Bonchev–Trinajstić information content (AvgIpc) is 2.68. The van der Waals surface area contributed by atoms with Gasteiger partial charge in [-0.25, -0.2) is 0 Å². The quantitative estimate of drug-likeness (QED) is 0.545. The second kappa shape index (κ2) is 12.0. The highest BCUT2D eigenvalue weighted by atomic mass is 32.1. The molecule has 0 amide bonds. The number of hydrogen-bond acceptors (Lipinski definition) is 3. The number of morpholine rings is 1. The smallest absolute Gasteiger partial charge is 0.169 e. The Morgan fingerprint density at radius 2 is 1.78 bits per heavy atom. The van der Waals surface area contributed by atoms with Crippen molar-refractivity contribution in [2.75, 3.05) is 45.9 Å². The van der Waals surface area contributed by atoms with Gasteiger partial charge in [-0.2, -0.15) is 0 Å². The number of hydrogen-bond donors (Lipinski definition) is 1. The first kappa shape index (κ1) is 21.1. The van der Waals surface area contributed by atoms with E-state index in [2.05, 4.69) is 27.3 Å². The summed E-state index contributed by atoms with van der Waals surface area (Å²) in [6, 6.07) is 0.579. The van der Waals surface area contributed by atoms with E-state index in [1.165, 1.54) is 64.2 Å². The van der Waals surface area contributed by atoms with Crippen molar-refractivity contribution >= 4 is 17.3 Å². The Morgan fingerprint density at radius 3 is 2.48 bits per heavy atom. The van der Waals surface area contributed by atoms with E-state index >= 15 is 0 Å². The van der Waals surface area contributed by atoms with Crippen molar-refractivity contribution < 1.29 is 4.74 Å². The molecule has 0 aromatic carbocycles. The molecule has 3 aliphatic rings. The predicted molar refractivity (Wildman–Crippen MR) is 117 cm³/mol. The van der Waals surface area contributed by atoms with Crippen LogP contribution in [0.2, 0.25) is 0 Å². The fraction of sp³-hybridized carbons (Fsp3) is 0.864. The van der Waals surface area contributed by atoms with Crippen molar-refractivity contribution in [2.24, 2.45) is 5.92 Å². The highest BCUT2D eigenvalue weighted by Gasteiger charge is 2.21. The van der Waals surface area contributed by atoms with Gasteiger partial charge in [0.2, 0.25) is 0 Å². The van der Waals surface area contributed by atoms with Gasteiger partial charge >= 0.3 is 0 Å². The first-order valence-corrected chi connectivity index (χ1v) is 11.7. The minimum atomic E-state index is 0.579. The van der Waals surface area contributed by atoms with Gasteiger partial charge in [0.05, 0.1) is 13.2 Å². The number of rotatable bonds is 6. The van der Waals surface area contributed by atoms with Crippen LogP contribution in [-0.4, -0.2) is 66.9 Å². The highest BCUT2D eigenvalue weighted by molar-refractivity contribution is 7.80. The van der Waals surface area contributed by atoms with Crippen molar-refractivity contribution in [1.29, 1.82) is 0 Å². The molecule has 1 heterocycles. The summed E-state index contributed by atoms with van der Waals surface area (Å²) < 4.78 is 5.50. The lowest BCUT2D eigenvalue weighted by Gasteiger charge is -2.35. The third-order valence-corrected chi connectivity index (χ3v) is 6.74. The van der Waals surface area contributed by atoms with Gasteiger partial charge in [0.15, 0.2) is 5.11 Å². The summed E-state index contributed by atoms with van der Waals surface area (Å²) in [4.78, 5) is 5.00. The summed E-state index contributed by atoms with van der Waals surface area (Å²) in [7, 11) is 0. The number of ether oxygens (including phenoxy) is 1. The van der Waals surface area contributed by atoms with E-state index < -0.39 is 0 Å². The Bertz CT molecular complexity index is 456. The maximum Gasteiger partial charge on any atom is 0.169 e. The van der Waals surface area contributed by atoms with Gasteiger partial charge in [0, 0.05) is 38.8 Å². The lowest BCUT2D eigenvalue weighted by Crippen LogP contribution is -2.50. The lowest BCUT2D eigenvalue weighted by molar-refractivity contribution is 0.0354. The van der Waals surface area contributed by atoms with Crippen molar-refractivity contribution in [2.45, 2.75) is 70.3 Å². The number of thiocarbonyl (C=S) groups is 1. The Balaban J connectivity index is 1.52. The van der Waals surface area contributed by atoms with E-state index in [1.807, 2.05) is 0 Å². The van der Waals surface area contributed by atoms with Crippen LogP contribution in [0.5, 0.6) is 0 Å². The molecule has 2 fully saturated rings. The van der Waals surface area contributed by atoms with Gasteiger partial charge in [-0.15, -0.1) is 0 Å². The number of allylic oxidation sites excluding steroid dienone is 2. The zero-order valence-electron chi connectivity index (χ0n) is 17.0. The molecule has 1 N–H and O–H groups in total. The Labute approximate surface area is 171 Å². The van der Waals surface area contributed by atoms with Gasteiger partial charge < -0.3 is 15.0 Å². The molecular weight excluding hydrogens is 354 g/mol. The van der Waals surface area contributed by atoms with Crippen LogP contribution >= 0.6 is 12.2 Å². The molecule has 0 radical (unpaired) electrons.